The van der Waals surface area contributed by atoms with Crippen molar-refractivity contribution in [3.8, 4) is 0 Å². The first-order valence-corrected chi connectivity index (χ1v) is 6.45. The summed E-state index contributed by atoms with van der Waals surface area (Å²) in [4.78, 5) is 12.1. The van der Waals surface area contributed by atoms with Gasteiger partial charge in [0.2, 0.25) is 5.76 Å². The first kappa shape index (κ1) is 13.5. The monoisotopic (exact) mass is 261 g/mol. The van der Waals surface area contributed by atoms with Gasteiger partial charge in [-0.05, 0) is 24.0 Å². The fourth-order valence-corrected chi connectivity index (χ4v) is 2.00. The highest BCUT2D eigenvalue weighted by Gasteiger charge is 2.18. The van der Waals surface area contributed by atoms with E-state index in [4.69, 9.17) is 9.47 Å². The van der Waals surface area contributed by atoms with Crippen LogP contribution in [0.25, 0.3) is 0 Å². The number of rotatable bonds is 3. The van der Waals surface area contributed by atoms with Crippen LogP contribution in [0.1, 0.15) is 30.9 Å². The molecule has 1 aromatic rings. The summed E-state index contributed by atoms with van der Waals surface area (Å²) >= 11 is 0. The van der Waals surface area contributed by atoms with Crippen LogP contribution < -0.4 is 5.32 Å². The van der Waals surface area contributed by atoms with E-state index < -0.39 is 0 Å². The first-order valence-electron chi connectivity index (χ1n) is 6.45. The fraction of sp³-hybridized carbons (Fsp3) is 0.400. The lowest BCUT2D eigenvalue weighted by atomic mass is 9.98. The maximum atomic E-state index is 12.1. The minimum atomic E-state index is -0.268. The molecule has 2 rings (SSSR count). The summed E-state index contributed by atoms with van der Waals surface area (Å²) in [5, 5.41) is 2.92. The molecule has 1 aromatic carbocycles. The molecule has 1 amide bonds. The molecule has 0 aromatic heterocycles. The molecule has 0 fully saturated rings. The molecular weight excluding hydrogens is 242 g/mol. The van der Waals surface area contributed by atoms with Crippen molar-refractivity contribution in [2.45, 2.75) is 26.7 Å². The van der Waals surface area contributed by atoms with E-state index in [1.807, 2.05) is 25.1 Å². The molecule has 0 saturated heterocycles. The third-order valence-electron chi connectivity index (χ3n) is 3.04. The Morgan fingerprint density at radius 1 is 1.32 bits per heavy atom. The molecule has 4 nitrogen and oxygen atoms in total. The first-order chi connectivity index (χ1) is 9.09. The highest BCUT2D eigenvalue weighted by Crippen LogP contribution is 2.27. The van der Waals surface area contributed by atoms with Crippen molar-refractivity contribution in [2.75, 3.05) is 18.5 Å². The second-order valence-corrected chi connectivity index (χ2v) is 4.85. The van der Waals surface area contributed by atoms with Crippen LogP contribution in [0.2, 0.25) is 0 Å². The number of carbonyl (C=O) groups is 1. The standard InChI is InChI=1S/C15H19NO3/c1-10(2)12-6-4-5-11(3)14(12)16-15(17)13-9-18-7-8-19-13/h4-6,9-10H,7-8H2,1-3H3,(H,16,17). The van der Waals surface area contributed by atoms with Crippen molar-refractivity contribution >= 4 is 11.6 Å². The van der Waals surface area contributed by atoms with E-state index in [0.717, 1.165) is 16.8 Å². The predicted molar refractivity (Wildman–Crippen MR) is 73.9 cm³/mol. The molecule has 1 aliphatic rings. The summed E-state index contributed by atoms with van der Waals surface area (Å²) < 4.78 is 10.4. The summed E-state index contributed by atoms with van der Waals surface area (Å²) in [6, 6.07) is 6.01. The molecule has 0 atom stereocenters. The van der Waals surface area contributed by atoms with Crippen LogP contribution >= 0.6 is 0 Å². The number of carbonyl (C=O) groups excluding carboxylic acids is 1. The molecule has 1 heterocycles. The van der Waals surface area contributed by atoms with Crippen LogP contribution in [0.4, 0.5) is 5.69 Å². The smallest absolute Gasteiger partial charge is 0.294 e. The number of nitrogens with one attached hydrogen (secondary N) is 1. The molecule has 4 heteroatoms. The number of anilines is 1. The Morgan fingerprint density at radius 3 is 2.74 bits per heavy atom. The van der Waals surface area contributed by atoms with Crippen molar-refractivity contribution < 1.29 is 14.3 Å². The van der Waals surface area contributed by atoms with Gasteiger partial charge in [0.05, 0.1) is 0 Å². The van der Waals surface area contributed by atoms with Gasteiger partial charge in [0.15, 0.2) is 0 Å². The third kappa shape index (κ3) is 3.08. The lowest BCUT2D eigenvalue weighted by Gasteiger charge is -2.19. The third-order valence-corrected chi connectivity index (χ3v) is 3.04. The number of hydrogen-bond donors (Lipinski definition) is 1. The van der Waals surface area contributed by atoms with Gasteiger partial charge in [-0.15, -0.1) is 0 Å². The van der Waals surface area contributed by atoms with Gasteiger partial charge in [0, 0.05) is 5.69 Å². The van der Waals surface area contributed by atoms with Crippen LogP contribution in [0.3, 0.4) is 0 Å². The minimum Gasteiger partial charge on any atom is -0.494 e. The average Bonchev–Trinajstić information content (AvgIpc) is 2.41. The Morgan fingerprint density at radius 2 is 2.11 bits per heavy atom. The van der Waals surface area contributed by atoms with Crippen molar-refractivity contribution in [2.24, 2.45) is 0 Å². The predicted octanol–water partition coefficient (Wildman–Crippen LogP) is 2.95. The summed E-state index contributed by atoms with van der Waals surface area (Å²) in [5.41, 5.74) is 3.01. The van der Waals surface area contributed by atoms with Gasteiger partial charge in [0.25, 0.3) is 5.91 Å². The van der Waals surface area contributed by atoms with Gasteiger partial charge in [-0.1, -0.05) is 32.0 Å². The van der Waals surface area contributed by atoms with Gasteiger partial charge in [-0.2, -0.15) is 0 Å². The number of para-hydroxylation sites is 1. The molecular formula is C15H19NO3. The number of amides is 1. The normalized spacial score (nSPS) is 14.4. The van der Waals surface area contributed by atoms with E-state index >= 15 is 0 Å². The second kappa shape index (κ2) is 5.78. The molecule has 0 saturated carbocycles. The number of benzene rings is 1. The molecule has 1 aliphatic heterocycles. The van der Waals surface area contributed by atoms with Gasteiger partial charge < -0.3 is 14.8 Å². The maximum Gasteiger partial charge on any atom is 0.294 e. The molecule has 1 N–H and O–H groups in total. The Balaban J connectivity index is 2.23. The molecule has 0 bridgehead atoms. The highest BCUT2D eigenvalue weighted by molar-refractivity contribution is 6.03. The Kier molecular flexibility index (Phi) is 4.10. The lowest BCUT2D eigenvalue weighted by Crippen LogP contribution is -2.22. The van der Waals surface area contributed by atoms with Crippen molar-refractivity contribution in [3.63, 3.8) is 0 Å². The Labute approximate surface area is 113 Å². The van der Waals surface area contributed by atoms with E-state index in [1.54, 1.807) is 0 Å². The van der Waals surface area contributed by atoms with Crippen LogP contribution in [-0.2, 0) is 14.3 Å². The summed E-state index contributed by atoms with van der Waals surface area (Å²) in [7, 11) is 0. The van der Waals surface area contributed by atoms with Gasteiger partial charge >= 0.3 is 0 Å². The van der Waals surface area contributed by atoms with Crippen molar-refractivity contribution in [3.05, 3.63) is 41.3 Å². The zero-order valence-corrected chi connectivity index (χ0v) is 11.5. The molecule has 0 radical (unpaired) electrons. The Hall–Kier alpha value is -1.97. The van der Waals surface area contributed by atoms with Crippen LogP contribution in [-0.4, -0.2) is 19.1 Å². The van der Waals surface area contributed by atoms with Crippen LogP contribution in [0, 0.1) is 6.92 Å². The number of aryl methyl sites for hydroxylation is 1. The molecule has 19 heavy (non-hydrogen) atoms. The average molecular weight is 261 g/mol. The van der Waals surface area contributed by atoms with E-state index in [9.17, 15) is 4.79 Å². The van der Waals surface area contributed by atoms with Crippen LogP contribution in [0.5, 0.6) is 0 Å². The SMILES string of the molecule is Cc1cccc(C(C)C)c1NC(=O)C1=COCCO1. The van der Waals surface area contributed by atoms with E-state index in [2.05, 4.69) is 19.2 Å². The maximum absolute atomic E-state index is 12.1. The molecule has 102 valence electrons. The topological polar surface area (TPSA) is 47.6 Å². The zero-order chi connectivity index (χ0) is 13.8. The second-order valence-electron chi connectivity index (χ2n) is 4.85. The molecule has 0 aliphatic carbocycles. The van der Waals surface area contributed by atoms with Gasteiger partial charge in [-0.25, -0.2) is 0 Å². The summed E-state index contributed by atoms with van der Waals surface area (Å²) in [6.07, 6.45) is 1.37. The lowest BCUT2D eigenvalue weighted by molar-refractivity contribution is -0.117. The highest BCUT2D eigenvalue weighted by atomic mass is 16.6. The number of ether oxygens (including phenoxy) is 2. The molecule has 0 spiro atoms. The quantitative estimate of drug-likeness (QED) is 0.910. The van der Waals surface area contributed by atoms with Gasteiger partial charge in [-0.3, -0.25) is 4.79 Å². The van der Waals surface area contributed by atoms with E-state index in [0.29, 0.717) is 19.1 Å². The largest absolute Gasteiger partial charge is 0.494 e. The minimum absolute atomic E-state index is 0.226. The van der Waals surface area contributed by atoms with E-state index in [1.165, 1.54) is 6.26 Å². The van der Waals surface area contributed by atoms with Gasteiger partial charge in [0.1, 0.15) is 19.5 Å². The molecule has 0 unspecified atom stereocenters. The number of hydrogen-bond acceptors (Lipinski definition) is 3. The van der Waals surface area contributed by atoms with Crippen LogP contribution in [0.15, 0.2) is 30.2 Å². The van der Waals surface area contributed by atoms with Crippen molar-refractivity contribution in [1.82, 2.24) is 0 Å². The van der Waals surface area contributed by atoms with E-state index in [-0.39, 0.29) is 11.7 Å². The summed E-state index contributed by atoms with van der Waals surface area (Å²) in [6.45, 7) is 7.07. The summed E-state index contributed by atoms with van der Waals surface area (Å²) in [5.74, 6) is 0.299. The van der Waals surface area contributed by atoms with Crippen molar-refractivity contribution in [1.29, 1.82) is 0 Å². The zero-order valence-electron chi connectivity index (χ0n) is 11.5. The Bertz CT molecular complexity index is 506. The fourth-order valence-electron chi connectivity index (χ4n) is 2.00.